The Balaban J connectivity index is 2.05. The minimum atomic E-state index is -0.747. The SMILES string of the molecule is Cc1ccc(C(C)(O)CCc2ccnn2C)s1. The first-order chi connectivity index (χ1) is 7.99. The van der Waals surface area contributed by atoms with E-state index in [4.69, 9.17) is 0 Å². The monoisotopic (exact) mass is 250 g/mol. The number of aryl methyl sites for hydroxylation is 3. The molecule has 4 heteroatoms. The summed E-state index contributed by atoms with van der Waals surface area (Å²) in [4.78, 5) is 2.28. The summed E-state index contributed by atoms with van der Waals surface area (Å²) in [5.41, 5.74) is 0.405. The highest BCUT2D eigenvalue weighted by atomic mass is 32.1. The zero-order chi connectivity index (χ0) is 12.5. The summed E-state index contributed by atoms with van der Waals surface area (Å²) in [5, 5.41) is 14.6. The minimum Gasteiger partial charge on any atom is -0.385 e. The molecule has 0 amide bonds. The predicted molar refractivity (Wildman–Crippen MR) is 70.2 cm³/mol. The van der Waals surface area contributed by atoms with Crippen molar-refractivity contribution in [2.45, 2.75) is 32.3 Å². The minimum absolute atomic E-state index is 0.715. The van der Waals surface area contributed by atoms with Gasteiger partial charge in [0, 0.05) is 28.7 Å². The number of aliphatic hydroxyl groups is 1. The van der Waals surface area contributed by atoms with Crippen LogP contribution in [-0.2, 0) is 19.1 Å². The van der Waals surface area contributed by atoms with Crippen LogP contribution in [0.15, 0.2) is 24.4 Å². The highest BCUT2D eigenvalue weighted by molar-refractivity contribution is 7.12. The van der Waals surface area contributed by atoms with Gasteiger partial charge in [-0.25, -0.2) is 0 Å². The molecule has 2 heterocycles. The van der Waals surface area contributed by atoms with Gasteiger partial charge in [-0.15, -0.1) is 11.3 Å². The average molecular weight is 250 g/mol. The fourth-order valence-corrected chi connectivity index (χ4v) is 2.81. The summed E-state index contributed by atoms with van der Waals surface area (Å²) in [5.74, 6) is 0. The highest BCUT2D eigenvalue weighted by Gasteiger charge is 2.24. The first-order valence-electron chi connectivity index (χ1n) is 5.75. The van der Waals surface area contributed by atoms with E-state index in [9.17, 15) is 5.11 Å². The molecule has 17 heavy (non-hydrogen) atoms. The molecule has 0 fully saturated rings. The molecule has 1 N–H and O–H groups in total. The van der Waals surface area contributed by atoms with Crippen molar-refractivity contribution in [2.75, 3.05) is 0 Å². The highest BCUT2D eigenvalue weighted by Crippen LogP contribution is 2.31. The van der Waals surface area contributed by atoms with E-state index >= 15 is 0 Å². The molecule has 2 rings (SSSR count). The molecule has 0 aliphatic carbocycles. The van der Waals surface area contributed by atoms with E-state index in [0.717, 1.165) is 17.0 Å². The predicted octanol–water partition coefficient (Wildman–Crippen LogP) is 2.63. The molecule has 0 aromatic carbocycles. The Morgan fingerprint density at radius 3 is 2.71 bits per heavy atom. The Hall–Kier alpha value is -1.13. The van der Waals surface area contributed by atoms with Crippen LogP contribution >= 0.6 is 11.3 Å². The van der Waals surface area contributed by atoms with Gasteiger partial charge in [0.05, 0.1) is 5.60 Å². The summed E-state index contributed by atoms with van der Waals surface area (Å²) in [6, 6.07) is 6.07. The lowest BCUT2D eigenvalue weighted by atomic mass is 9.97. The van der Waals surface area contributed by atoms with Crippen LogP contribution in [0.1, 0.15) is 28.8 Å². The van der Waals surface area contributed by atoms with Crippen LogP contribution in [0.2, 0.25) is 0 Å². The maximum atomic E-state index is 10.5. The van der Waals surface area contributed by atoms with Crippen LogP contribution in [-0.4, -0.2) is 14.9 Å². The number of hydrogen-bond acceptors (Lipinski definition) is 3. The zero-order valence-corrected chi connectivity index (χ0v) is 11.3. The molecule has 92 valence electrons. The van der Waals surface area contributed by atoms with E-state index in [1.165, 1.54) is 4.88 Å². The molecule has 0 aliphatic rings. The quantitative estimate of drug-likeness (QED) is 0.906. The average Bonchev–Trinajstić information content (AvgIpc) is 2.85. The van der Waals surface area contributed by atoms with Gasteiger partial charge in [0.2, 0.25) is 0 Å². The van der Waals surface area contributed by atoms with Crippen molar-refractivity contribution in [3.8, 4) is 0 Å². The largest absolute Gasteiger partial charge is 0.385 e. The molecule has 0 bridgehead atoms. The lowest BCUT2D eigenvalue weighted by Gasteiger charge is -2.21. The van der Waals surface area contributed by atoms with Crippen molar-refractivity contribution >= 4 is 11.3 Å². The normalized spacial score (nSPS) is 14.8. The lowest BCUT2D eigenvalue weighted by molar-refractivity contribution is 0.0513. The molecule has 3 nitrogen and oxygen atoms in total. The van der Waals surface area contributed by atoms with Crippen molar-refractivity contribution in [3.05, 3.63) is 39.8 Å². The van der Waals surface area contributed by atoms with Crippen molar-refractivity contribution in [1.82, 2.24) is 9.78 Å². The van der Waals surface area contributed by atoms with Gasteiger partial charge in [-0.05, 0) is 44.9 Å². The van der Waals surface area contributed by atoms with Gasteiger partial charge in [-0.2, -0.15) is 5.10 Å². The second-order valence-electron chi connectivity index (χ2n) is 4.63. The molecule has 1 atom stereocenters. The van der Waals surface area contributed by atoms with E-state index in [1.54, 1.807) is 17.5 Å². The van der Waals surface area contributed by atoms with Crippen molar-refractivity contribution in [2.24, 2.45) is 7.05 Å². The number of rotatable bonds is 4. The Bertz CT molecular complexity index is 499. The van der Waals surface area contributed by atoms with Gasteiger partial charge in [-0.3, -0.25) is 4.68 Å². The van der Waals surface area contributed by atoms with E-state index in [2.05, 4.69) is 18.1 Å². The van der Waals surface area contributed by atoms with Gasteiger partial charge in [0.1, 0.15) is 0 Å². The van der Waals surface area contributed by atoms with Gasteiger partial charge < -0.3 is 5.11 Å². The Kier molecular flexibility index (Phi) is 3.35. The summed E-state index contributed by atoms with van der Waals surface area (Å²) in [7, 11) is 1.93. The Labute approximate surface area is 106 Å². The molecule has 0 aliphatic heterocycles. The molecule has 0 saturated carbocycles. The topological polar surface area (TPSA) is 38.1 Å². The standard InChI is InChI=1S/C13H18N2OS/c1-10-4-5-12(17-10)13(2,16)8-6-11-7-9-14-15(11)3/h4-5,7,9,16H,6,8H2,1-3H3. The number of nitrogens with zero attached hydrogens (tertiary/aromatic N) is 2. The van der Waals surface area contributed by atoms with Crippen molar-refractivity contribution in [1.29, 1.82) is 0 Å². The van der Waals surface area contributed by atoms with Gasteiger partial charge in [-0.1, -0.05) is 0 Å². The molecule has 0 radical (unpaired) electrons. The third kappa shape index (κ3) is 2.76. The Morgan fingerprint density at radius 2 is 2.18 bits per heavy atom. The van der Waals surface area contributed by atoms with Gasteiger partial charge >= 0.3 is 0 Å². The Morgan fingerprint density at radius 1 is 1.41 bits per heavy atom. The third-order valence-electron chi connectivity index (χ3n) is 3.06. The van der Waals surface area contributed by atoms with Crippen LogP contribution in [0.3, 0.4) is 0 Å². The summed E-state index contributed by atoms with van der Waals surface area (Å²) < 4.78 is 1.86. The van der Waals surface area contributed by atoms with E-state index < -0.39 is 5.60 Å². The maximum absolute atomic E-state index is 10.5. The molecule has 2 aromatic rings. The zero-order valence-electron chi connectivity index (χ0n) is 10.5. The van der Waals surface area contributed by atoms with Crippen LogP contribution in [0, 0.1) is 6.92 Å². The van der Waals surface area contributed by atoms with Crippen LogP contribution in [0.5, 0.6) is 0 Å². The van der Waals surface area contributed by atoms with Crippen molar-refractivity contribution < 1.29 is 5.11 Å². The first kappa shape index (κ1) is 12.3. The third-order valence-corrected chi connectivity index (χ3v) is 4.32. The number of aromatic nitrogens is 2. The smallest absolute Gasteiger partial charge is 0.0963 e. The molecule has 0 spiro atoms. The van der Waals surface area contributed by atoms with Crippen LogP contribution in [0.25, 0.3) is 0 Å². The molecule has 2 aromatic heterocycles. The van der Waals surface area contributed by atoms with Gasteiger partial charge in [0.25, 0.3) is 0 Å². The first-order valence-corrected chi connectivity index (χ1v) is 6.57. The maximum Gasteiger partial charge on any atom is 0.0963 e. The fraction of sp³-hybridized carbons (Fsp3) is 0.462. The molecule has 0 saturated heterocycles. The lowest BCUT2D eigenvalue weighted by Crippen LogP contribution is -2.21. The van der Waals surface area contributed by atoms with E-state index in [-0.39, 0.29) is 0 Å². The second-order valence-corrected chi connectivity index (χ2v) is 5.92. The van der Waals surface area contributed by atoms with E-state index in [1.807, 2.05) is 30.8 Å². The van der Waals surface area contributed by atoms with Crippen LogP contribution < -0.4 is 0 Å². The molecular formula is C13H18N2OS. The second kappa shape index (κ2) is 4.63. The fourth-order valence-electron chi connectivity index (χ4n) is 1.87. The van der Waals surface area contributed by atoms with Crippen LogP contribution in [0.4, 0.5) is 0 Å². The summed E-state index contributed by atoms with van der Waals surface area (Å²) >= 11 is 1.66. The summed E-state index contributed by atoms with van der Waals surface area (Å²) in [6.07, 6.45) is 3.34. The number of hydrogen-bond donors (Lipinski definition) is 1. The van der Waals surface area contributed by atoms with E-state index in [0.29, 0.717) is 6.42 Å². The number of thiophene rings is 1. The summed E-state index contributed by atoms with van der Waals surface area (Å²) in [6.45, 7) is 3.94. The molecule has 1 unspecified atom stereocenters. The molecular weight excluding hydrogens is 232 g/mol. The van der Waals surface area contributed by atoms with Crippen molar-refractivity contribution in [3.63, 3.8) is 0 Å². The van der Waals surface area contributed by atoms with Gasteiger partial charge in [0.15, 0.2) is 0 Å².